The zero-order valence-corrected chi connectivity index (χ0v) is 9.84. The summed E-state index contributed by atoms with van der Waals surface area (Å²) >= 11 is 9.56. The Morgan fingerprint density at radius 2 is 2.13 bits per heavy atom. The summed E-state index contributed by atoms with van der Waals surface area (Å²) in [6, 6.07) is 5.64. The van der Waals surface area contributed by atoms with Crippen molar-refractivity contribution in [1.82, 2.24) is 4.98 Å². The highest BCUT2D eigenvalue weighted by molar-refractivity contribution is 9.10. The van der Waals surface area contributed by atoms with Crippen LogP contribution >= 0.6 is 27.5 Å². The maximum atomic E-state index is 6.07. The minimum atomic E-state index is 0.615. The molecule has 4 heteroatoms. The van der Waals surface area contributed by atoms with Crippen molar-refractivity contribution in [3.63, 3.8) is 0 Å². The molecule has 1 aromatic carbocycles. The zero-order chi connectivity index (χ0) is 10.4. The highest BCUT2D eigenvalue weighted by atomic mass is 79.9. The summed E-state index contributed by atoms with van der Waals surface area (Å²) in [5.41, 5.74) is 1.45. The Morgan fingerprint density at radius 3 is 3.00 bits per heavy atom. The number of halogens is 2. The predicted octanol–water partition coefficient (Wildman–Crippen LogP) is 4.40. The van der Waals surface area contributed by atoms with Crippen LogP contribution in [0.4, 0.5) is 0 Å². The van der Waals surface area contributed by atoms with E-state index in [0.717, 1.165) is 20.8 Å². The molecule has 0 atom stereocenters. The Kier molecular flexibility index (Phi) is 1.97. The second kappa shape index (κ2) is 3.22. The van der Waals surface area contributed by atoms with Gasteiger partial charge < -0.3 is 4.42 Å². The van der Waals surface area contributed by atoms with Gasteiger partial charge in [-0.2, -0.15) is 0 Å². The van der Waals surface area contributed by atoms with Crippen LogP contribution in [0, 0.1) is 0 Å². The smallest absolute Gasteiger partial charge is 0.155 e. The lowest BCUT2D eigenvalue weighted by Gasteiger charge is -1.94. The number of aromatic nitrogens is 1. The molecule has 3 aromatic rings. The van der Waals surface area contributed by atoms with E-state index >= 15 is 0 Å². The van der Waals surface area contributed by atoms with Gasteiger partial charge in [0.2, 0.25) is 0 Å². The van der Waals surface area contributed by atoms with Crippen LogP contribution in [0.25, 0.3) is 21.9 Å². The van der Waals surface area contributed by atoms with Gasteiger partial charge in [-0.1, -0.05) is 27.5 Å². The summed E-state index contributed by atoms with van der Waals surface area (Å²) in [7, 11) is 0. The van der Waals surface area contributed by atoms with E-state index in [1.807, 2.05) is 18.2 Å². The molecule has 0 aliphatic rings. The quantitative estimate of drug-likeness (QED) is 0.611. The molecule has 0 fully saturated rings. The molecular weight excluding hydrogens is 277 g/mol. The van der Waals surface area contributed by atoms with E-state index in [0.29, 0.717) is 10.6 Å². The van der Waals surface area contributed by atoms with Gasteiger partial charge in [-0.3, -0.25) is 4.98 Å². The maximum absolute atomic E-state index is 6.07. The third-order valence-corrected chi connectivity index (χ3v) is 3.28. The summed E-state index contributed by atoms with van der Waals surface area (Å²) in [6.45, 7) is 0. The molecule has 0 N–H and O–H groups in total. The molecule has 15 heavy (non-hydrogen) atoms. The van der Waals surface area contributed by atoms with Crippen molar-refractivity contribution in [3.8, 4) is 0 Å². The molecule has 0 spiro atoms. The molecule has 0 amide bonds. The van der Waals surface area contributed by atoms with Crippen LogP contribution in [0.2, 0.25) is 5.02 Å². The number of benzene rings is 1. The molecule has 0 aliphatic heterocycles. The fourth-order valence-corrected chi connectivity index (χ4v) is 2.38. The van der Waals surface area contributed by atoms with Crippen molar-refractivity contribution in [2.75, 3.05) is 0 Å². The van der Waals surface area contributed by atoms with Crippen LogP contribution in [0.3, 0.4) is 0 Å². The maximum Gasteiger partial charge on any atom is 0.155 e. The Bertz CT molecular complexity index is 662. The largest absolute Gasteiger partial charge is 0.453 e. The normalized spacial score (nSPS) is 11.3. The number of nitrogens with zero attached hydrogens (tertiary/aromatic N) is 1. The lowest BCUT2D eigenvalue weighted by molar-refractivity contribution is 0.667. The molecule has 0 saturated heterocycles. The molecule has 0 bridgehead atoms. The average Bonchev–Trinajstić information content (AvgIpc) is 2.64. The number of furan rings is 1. The Labute approximate surface area is 99.0 Å². The Balaban J connectivity index is 2.66. The lowest BCUT2D eigenvalue weighted by atomic mass is 10.2. The van der Waals surface area contributed by atoms with Crippen LogP contribution in [0.15, 0.2) is 39.5 Å². The standard InChI is InChI=1S/C11H5BrClNO/c12-7-1-2-8(13)11-10(7)6-3-4-14-5-9(6)15-11/h1-5H. The van der Waals surface area contributed by atoms with Gasteiger partial charge in [-0.25, -0.2) is 0 Å². The van der Waals surface area contributed by atoms with Crippen molar-refractivity contribution in [2.45, 2.75) is 0 Å². The van der Waals surface area contributed by atoms with Crippen molar-refractivity contribution in [2.24, 2.45) is 0 Å². The zero-order valence-electron chi connectivity index (χ0n) is 7.50. The topological polar surface area (TPSA) is 26.0 Å². The Hall–Kier alpha value is -1.06. The molecule has 2 nitrogen and oxygen atoms in total. The van der Waals surface area contributed by atoms with Crippen molar-refractivity contribution in [3.05, 3.63) is 40.1 Å². The minimum absolute atomic E-state index is 0.615. The van der Waals surface area contributed by atoms with E-state index in [1.165, 1.54) is 0 Å². The van der Waals surface area contributed by atoms with Crippen LogP contribution < -0.4 is 0 Å². The van der Waals surface area contributed by atoms with Gasteiger partial charge in [0.25, 0.3) is 0 Å². The second-order valence-electron chi connectivity index (χ2n) is 3.21. The van der Waals surface area contributed by atoms with E-state index in [4.69, 9.17) is 16.0 Å². The lowest BCUT2D eigenvalue weighted by Crippen LogP contribution is -1.71. The van der Waals surface area contributed by atoms with E-state index in [1.54, 1.807) is 12.4 Å². The highest BCUT2D eigenvalue weighted by Gasteiger charge is 2.12. The number of fused-ring (bicyclic) bond motifs is 3. The molecule has 0 unspecified atom stereocenters. The summed E-state index contributed by atoms with van der Waals surface area (Å²) in [5, 5.41) is 2.64. The van der Waals surface area contributed by atoms with Gasteiger partial charge in [-0.05, 0) is 18.2 Å². The highest BCUT2D eigenvalue weighted by Crippen LogP contribution is 2.37. The molecule has 0 saturated carbocycles. The molecular formula is C11H5BrClNO. The third-order valence-electron chi connectivity index (χ3n) is 2.32. The SMILES string of the molecule is Clc1ccc(Br)c2c1oc1cnccc12. The van der Waals surface area contributed by atoms with Gasteiger partial charge >= 0.3 is 0 Å². The van der Waals surface area contributed by atoms with Crippen LogP contribution in [-0.4, -0.2) is 4.98 Å². The molecule has 2 heterocycles. The van der Waals surface area contributed by atoms with E-state index in [2.05, 4.69) is 20.9 Å². The number of pyridine rings is 1. The molecule has 2 aromatic heterocycles. The first-order valence-corrected chi connectivity index (χ1v) is 5.54. The van der Waals surface area contributed by atoms with Crippen molar-refractivity contribution < 1.29 is 4.42 Å². The van der Waals surface area contributed by atoms with Crippen LogP contribution in [0.1, 0.15) is 0 Å². The van der Waals surface area contributed by atoms with Gasteiger partial charge in [0.05, 0.1) is 11.2 Å². The molecule has 3 rings (SSSR count). The summed E-state index contributed by atoms with van der Waals surface area (Å²) < 4.78 is 6.62. The van der Waals surface area contributed by atoms with E-state index in [-0.39, 0.29) is 0 Å². The monoisotopic (exact) mass is 281 g/mol. The minimum Gasteiger partial charge on any atom is -0.453 e. The van der Waals surface area contributed by atoms with E-state index in [9.17, 15) is 0 Å². The van der Waals surface area contributed by atoms with Crippen LogP contribution in [0.5, 0.6) is 0 Å². The Morgan fingerprint density at radius 1 is 1.27 bits per heavy atom. The van der Waals surface area contributed by atoms with Gasteiger partial charge in [-0.15, -0.1) is 0 Å². The number of hydrogen-bond donors (Lipinski definition) is 0. The second-order valence-corrected chi connectivity index (χ2v) is 4.47. The predicted molar refractivity (Wildman–Crippen MR) is 64.2 cm³/mol. The third kappa shape index (κ3) is 1.27. The average molecular weight is 283 g/mol. The summed E-state index contributed by atoms with van der Waals surface area (Å²) in [6.07, 6.45) is 3.43. The van der Waals surface area contributed by atoms with Crippen molar-refractivity contribution in [1.29, 1.82) is 0 Å². The first-order chi connectivity index (χ1) is 7.27. The molecule has 0 aliphatic carbocycles. The summed E-state index contributed by atoms with van der Waals surface area (Å²) in [5.74, 6) is 0. The van der Waals surface area contributed by atoms with Crippen molar-refractivity contribution >= 4 is 49.5 Å². The fraction of sp³-hybridized carbons (Fsp3) is 0. The van der Waals surface area contributed by atoms with E-state index < -0.39 is 0 Å². The van der Waals surface area contributed by atoms with Crippen LogP contribution in [-0.2, 0) is 0 Å². The molecule has 74 valence electrons. The van der Waals surface area contributed by atoms with Gasteiger partial charge in [0, 0.05) is 21.4 Å². The number of hydrogen-bond acceptors (Lipinski definition) is 2. The molecule has 0 radical (unpaired) electrons. The first-order valence-electron chi connectivity index (χ1n) is 4.37. The fourth-order valence-electron chi connectivity index (χ4n) is 1.66. The number of rotatable bonds is 0. The van der Waals surface area contributed by atoms with Gasteiger partial charge in [0.15, 0.2) is 11.2 Å². The first kappa shape index (κ1) is 9.19. The van der Waals surface area contributed by atoms with Gasteiger partial charge in [0.1, 0.15) is 0 Å². The summed E-state index contributed by atoms with van der Waals surface area (Å²) in [4.78, 5) is 4.02.